The molecule has 0 spiro atoms. The minimum Gasteiger partial charge on any atom is -0.470 e. The number of hydrogen-bond donors (Lipinski definition) is 0. The number of benzene rings is 2. The van der Waals surface area contributed by atoms with E-state index in [2.05, 4.69) is 4.98 Å². The van der Waals surface area contributed by atoms with Gasteiger partial charge in [-0.2, -0.15) is 26.3 Å². The van der Waals surface area contributed by atoms with Gasteiger partial charge in [0, 0.05) is 12.0 Å². The summed E-state index contributed by atoms with van der Waals surface area (Å²) in [6.45, 7) is 1.37. The van der Waals surface area contributed by atoms with Crippen LogP contribution in [-0.4, -0.2) is 4.98 Å². The van der Waals surface area contributed by atoms with Gasteiger partial charge in [0.1, 0.15) is 11.9 Å². The number of hydrogen-bond acceptors (Lipinski definition) is 2. The zero-order chi connectivity index (χ0) is 24.7. The van der Waals surface area contributed by atoms with Crippen molar-refractivity contribution >= 4 is 0 Å². The van der Waals surface area contributed by atoms with Crippen molar-refractivity contribution in [3.63, 3.8) is 0 Å². The zero-order valence-electron chi connectivity index (χ0n) is 18.0. The average molecular weight is 483 g/mol. The largest absolute Gasteiger partial charge is 0.470 e. The number of aromatic nitrogens is 1. The Labute approximate surface area is 191 Å². The first-order chi connectivity index (χ1) is 15.9. The van der Waals surface area contributed by atoms with E-state index in [0.717, 1.165) is 30.4 Å². The number of rotatable bonds is 4. The number of alkyl halides is 6. The van der Waals surface area contributed by atoms with Crippen LogP contribution in [-0.2, 0) is 18.8 Å². The SMILES string of the molecule is C[C@@H](Oc1ccc2c(n1)C(c1ccc(F)cc1)CCC2)c1cc(C(F)(F)F)cc(C(F)(F)F)c1. The summed E-state index contributed by atoms with van der Waals surface area (Å²) in [5.74, 6) is -0.391. The molecule has 34 heavy (non-hydrogen) atoms. The van der Waals surface area contributed by atoms with Crippen molar-refractivity contribution in [1.29, 1.82) is 0 Å². The fourth-order valence-electron chi connectivity index (χ4n) is 4.18. The van der Waals surface area contributed by atoms with Crippen LogP contribution in [0.1, 0.15) is 65.3 Å². The molecule has 2 nitrogen and oxygen atoms in total. The normalized spacial score (nSPS) is 17.2. The number of aryl methyl sites for hydroxylation is 1. The summed E-state index contributed by atoms with van der Waals surface area (Å²) >= 11 is 0. The van der Waals surface area contributed by atoms with Gasteiger partial charge in [0.05, 0.1) is 16.8 Å². The Balaban J connectivity index is 1.65. The highest BCUT2D eigenvalue weighted by molar-refractivity contribution is 5.39. The summed E-state index contributed by atoms with van der Waals surface area (Å²) in [5, 5.41) is 0. The van der Waals surface area contributed by atoms with E-state index in [9.17, 15) is 30.7 Å². The van der Waals surface area contributed by atoms with Crippen molar-refractivity contribution in [3.8, 4) is 5.88 Å². The van der Waals surface area contributed by atoms with Crippen LogP contribution in [0, 0.1) is 5.82 Å². The lowest BCUT2D eigenvalue weighted by molar-refractivity contribution is -0.143. The highest BCUT2D eigenvalue weighted by Crippen LogP contribution is 2.39. The van der Waals surface area contributed by atoms with Crippen LogP contribution in [0.4, 0.5) is 30.7 Å². The third-order valence-electron chi connectivity index (χ3n) is 5.91. The maximum Gasteiger partial charge on any atom is 0.416 e. The monoisotopic (exact) mass is 483 g/mol. The van der Waals surface area contributed by atoms with Crippen LogP contribution in [0.2, 0.25) is 0 Å². The molecule has 0 bridgehead atoms. The zero-order valence-corrected chi connectivity index (χ0v) is 18.0. The summed E-state index contributed by atoms with van der Waals surface area (Å²) in [5.41, 5.74) is -0.517. The molecule has 180 valence electrons. The Hall–Kier alpha value is -3.10. The number of ether oxygens (including phenoxy) is 1. The maximum absolute atomic E-state index is 13.3. The van der Waals surface area contributed by atoms with E-state index in [4.69, 9.17) is 4.74 Å². The van der Waals surface area contributed by atoms with Crippen LogP contribution in [0.25, 0.3) is 0 Å². The van der Waals surface area contributed by atoms with Gasteiger partial charge in [-0.25, -0.2) is 9.37 Å². The molecule has 1 aliphatic carbocycles. The van der Waals surface area contributed by atoms with Gasteiger partial charge in [0.15, 0.2) is 0 Å². The molecule has 0 saturated heterocycles. The molecular weight excluding hydrogens is 463 g/mol. The fourth-order valence-corrected chi connectivity index (χ4v) is 4.18. The topological polar surface area (TPSA) is 22.1 Å². The van der Waals surface area contributed by atoms with Gasteiger partial charge in [-0.3, -0.25) is 0 Å². The molecule has 0 aliphatic heterocycles. The van der Waals surface area contributed by atoms with Gasteiger partial charge in [-0.05, 0) is 73.2 Å². The first kappa shape index (κ1) is 24.0. The number of pyridine rings is 1. The highest BCUT2D eigenvalue weighted by atomic mass is 19.4. The second-order valence-electron chi connectivity index (χ2n) is 8.29. The van der Waals surface area contributed by atoms with Crippen molar-refractivity contribution in [2.24, 2.45) is 0 Å². The lowest BCUT2D eigenvalue weighted by atomic mass is 9.82. The van der Waals surface area contributed by atoms with Gasteiger partial charge < -0.3 is 4.74 Å². The molecule has 1 aliphatic rings. The predicted octanol–water partition coefficient (Wildman–Crippen LogP) is 7.87. The Bertz CT molecular complexity index is 1140. The van der Waals surface area contributed by atoms with Crippen LogP contribution in [0.3, 0.4) is 0 Å². The van der Waals surface area contributed by atoms with Crippen LogP contribution in [0.5, 0.6) is 5.88 Å². The van der Waals surface area contributed by atoms with E-state index in [-0.39, 0.29) is 29.2 Å². The molecule has 9 heteroatoms. The second kappa shape index (κ2) is 8.92. The second-order valence-corrected chi connectivity index (χ2v) is 8.29. The molecule has 1 unspecified atom stereocenters. The summed E-state index contributed by atoms with van der Waals surface area (Å²) in [7, 11) is 0. The minimum atomic E-state index is -4.94. The van der Waals surface area contributed by atoms with Crippen molar-refractivity contribution in [2.45, 2.75) is 50.6 Å². The standard InChI is InChI=1S/C25H20F7NO/c1-14(17-11-18(24(27,28)29)13-19(12-17)25(30,31)32)34-22-10-7-16-3-2-4-21(23(16)33-22)15-5-8-20(26)9-6-15/h5-14,21H,2-4H2,1H3/t14-,21?/m1/s1. The molecular formula is C25H20F7NO. The van der Waals surface area contributed by atoms with Crippen molar-refractivity contribution in [3.05, 3.63) is 93.9 Å². The van der Waals surface area contributed by atoms with Gasteiger partial charge in [-0.15, -0.1) is 0 Å². The molecule has 3 aromatic rings. The van der Waals surface area contributed by atoms with Crippen molar-refractivity contribution in [1.82, 2.24) is 4.98 Å². The molecule has 2 aromatic carbocycles. The van der Waals surface area contributed by atoms with E-state index < -0.39 is 29.6 Å². The summed E-state index contributed by atoms with van der Waals surface area (Å²) in [6.07, 6.45) is -8.56. The molecule has 1 heterocycles. The van der Waals surface area contributed by atoms with Gasteiger partial charge in [0.2, 0.25) is 5.88 Å². The Morgan fingerprint density at radius 3 is 2.09 bits per heavy atom. The predicted molar refractivity (Wildman–Crippen MR) is 111 cm³/mol. The Morgan fingerprint density at radius 2 is 1.50 bits per heavy atom. The Kier molecular flexibility index (Phi) is 6.31. The lowest BCUT2D eigenvalue weighted by Crippen LogP contribution is -2.16. The number of fused-ring (bicyclic) bond motifs is 1. The van der Waals surface area contributed by atoms with Crippen LogP contribution < -0.4 is 4.74 Å². The Morgan fingerprint density at radius 1 is 0.882 bits per heavy atom. The third-order valence-corrected chi connectivity index (χ3v) is 5.91. The van der Waals surface area contributed by atoms with E-state index in [1.807, 2.05) is 0 Å². The molecule has 0 radical (unpaired) electrons. The fraction of sp³-hybridized carbons (Fsp3) is 0.320. The minimum absolute atomic E-state index is 0.0840. The number of nitrogens with zero attached hydrogens (tertiary/aromatic N) is 1. The van der Waals surface area contributed by atoms with Gasteiger partial charge in [-0.1, -0.05) is 18.2 Å². The summed E-state index contributed by atoms with van der Waals surface area (Å²) < 4.78 is 98.2. The quantitative estimate of drug-likeness (QED) is 0.353. The van der Waals surface area contributed by atoms with E-state index in [1.165, 1.54) is 19.1 Å². The lowest BCUT2D eigenvalue weighted by Gasteiger charge is -2.26. The average Bonchev–Trinajstić information content (AvgIpc) is 2.78. The summed E-state index contributed by atoms with van der Waals surface area (Å²) in [6, 6.07) is 10.8. The van der Waals surface area contributed by atoms with E-state index >= 15 is 0 Å². The molecule has 0 saturated carbocycles. The van der Waals surface area contributed by atoms with Gasteiger partial charge in [0.25, 0.3) is 0 Å². The first-order valence-electron chi connectivity index (χ1n) is 10.6. The van der Waals surface area contributed by atoms with Crippen molar-refractivity contribution < 1.29 is 35.5 Å². The van der Waals surface area contributed by atoms with Gasteiger partial charge >= 0.3 is 12.4 Å². The van der Waals surface area contributed by atoms with E-state index in [1.54, 1.807) is 24.3 Å². The molecule has 2 atom stereocenters. The molecule has 0 fully saturated rings. The molecule has 0 amide bonds. The maximum atomic E-state index is 13.3. The molecule has 4 rings (SSSR count). The summed E-state index contributed by atoms with van der Waals surface area (Å²) in [4.78, 5) is 4.54. The first-order valence-corrected chi connectivity index (χ1v) is 10.6. The van der Waals surface area contributed by atoms with Crippen molar-refractivity contribution in [2.75, 3.05) is 0 Å². The van der Waals surface area contributed by atoms with E-state index in [0.29, 0.717) is 17.8 Å². The molecule has 1 aromatic heterocycles. The van der Waals surface area contributed by atoms with Crippen LogP contribution in [0.15, 0.2) is 54.6 Å². The smallest absolute Gasteiger partial charge is 0.416 e. The third kappa shape index (κ3) is 5.18. The molecule has 0 N–H and O–H groups in total. The van der Waals surface area contributed by atoms with Crippen LogP contribution >= 0.6 is 0 Å². The highest BCUT2D eigenvalue weighted by Gasteiger charge is 2.37. The number of halogens is 7.